The second-order valence-electron chi connectivity index (χ2n) is 7.62. The van der Waals surface area contributed by atoms with Gasteiger partial charge in [-0.3, -0.25) is 4.79 Å². The van der Waals surface area contributed by atoms with Gasteiger partial charge in [0.05, 0.1) is 17.7 Å². The number of aromatic nitrogens is 1. The molecule has 0 aliphatic carbocycles. The lowest BCUT2D eigenvalue weighted by atomic mass is 9.97. The third-order valence-corrected chi connectivity index (χ3v) is 5.44. The molecule has 4 aromatic rings. The number of ether oxygens (including phenoxy) is 2. The molecule has 5 heteroatoms. The zero-order valence-corrected chi connectivity index (χ0v) is 18.0. The molecule has 1 N–H and O–H groups in total. The van der Waals surface area contributed by atoms with E-state index < -0.39 is 0 Å². The number of carbonyl (C=O) groups excluding carboxylic acids is 2. The lowest BCUT2D eigenvalue weighted by Crippen LogP contribution is -2.08. The van der Waals surface area contributed by atoms with Crippen LogP contribution >= 0.6 is 0 Å². The predicted octanol–water partition coefficient (Wildman–Crippen LogP) is 6.07. The Morgan fingerprint density at radius 2 is 1.75 bits per heavy atom. The summed E-state index contributed by atoms with van der Waals surface area (Å²) in [5.41, 5.74) is 4.38. The highest BCUT2D eigenvalue weighted by molar-refractivity contribution is 6.10. The Balaban J connectivity index is 1.54. The van der Waals surface area contributed by atoms with E-state index in [9.17, 15) is 9.59 Å². The van der Waals surface area contributed by atoms with Crippen LogP contribution in [0.3, 0.4) is 0 Å². The summed E-state index contributed by atoms with van der Waals surface area (Å²) >= 11 is 0. The van der Waals surface area contributed by atoms with Crippen molar-refractivity contribution in [3.05, 3.63) is 83.9 Å². The third-order valence-electron chi connectivity index (χ3n) is 5.44. The number of aromatic amines is 1. The molecule has 0 fully saturated rings. The summed E-state index contributed by atoms with van der Waals surface area (Å²) in [5, 5.41) is 2.06. The highest BCUT2D eigenvalue weighted by Crippen LogP contribution is 2.37. The quantitative estimate of drug-likeness (QED) is 0.211. The van der Waals surface area contributed by atoms with E-state index in [4.69, 9.17) is 9.47 Å². The SMILES string of the molecule is C=Cc1c(CCCCOC(=O)c2ccccc2)c(OC(C)=O)cc2c1[nH]c1ccccc12. The van der Waals surface area contributed by atoms with Gasteiger partial charge in [0.1, 0.15) is 5.75 Å². The molecular formula is C27H25NO4. The van der Waals surface area contributed by atoms with Gasteiger partial charge in [-0.15, -0.1) is 0 Å². The summed E-state index contributed by atoms with van der Waals surface area (Å²) in [4.78, 5) is 27.3. The molecule has 4 rings (SSSR count). The van der Waals surface area contributed by atoms with E-state index >= 15 is 0 Å². The largest absolute Gasteiger partial charge is 0.462 e. The van der Waals surface area contributed by atoms with Gasteiger partial charge in [-0.25, -0.2) is 4.79 Å². The van der Waals surface area contributed by atoms with Crippen molar-refractivity contribution in [3.8, 4) is 5.75 Å². The number of H-pyrrole nitrogens is 1. The number of benzene rings is 3. The standard InChI is InChI=1S/C27H25NO4/c1-3-20-22(14-9-10-16-31-27(30)19-11-5-4-6-12-19)25(32-18(2)29)17-23-21-13-7-8-15-24(21)28-26(20)23/h3-8,11-13,15,17,28H,1,9-10,14,16H2,2H3. The Labute approximate surface area is 186 Å². The zero-order chi connectivity index (χ0) is 22.5. The Morgan fingerprint density at radius 3 is 2.50 bits per heavy atom. The molecule has 5 nitrogen and oxygen atoms in total. The Kier molecular flexibility index (Phi) is 6.36. The summed E-state index contributed by atoms with van der Waals surface area (Å²) in [6.45, 7) is 5.73. The minimum absolute atomic E-state index is 0.322. The maximum atomic E-state index is 12.1. The molecule has 0 radical (unpaired) electrons. The van der Waals surface area contributed by atoms with Gasteiger partial charge in [0.2, 0.25) is 0 Å². The first-order valence-corrected chi connectivity index (χ1v) is 10.7. The Hall–Kier alpha value is -3.86. The van der Waals surface area contributed by atoms with E-state index in [0.29, 0.717) is 30.8 Å². The average molecular weight is 428 g/mol. The lowest BCUT2D eigenvalue weighted by molar-refractivity contribution is -0.131. The minimum atomic E-state index is -0.364. The number of para-hydroxylation sites is 1. The molecule has 3 aromatic carbocycles. The molecule has 0 bridgehead atoms. The average Bonchev–Trinajstić information content (AvgIpc) is 3.17. The monoisotopic (exact) mass is 427 g/mol. The molecule has 1 aromatic heterocycles. The highest BCUT2D eigenvalue weighted by Gasteiger charge is 2.17. The van der Waals surface area contributed by atoms with Crippen molar-refractivity contribution in [3.63, 3.8) is 0 Å². The molecule has 32 heavy (non-hydrogen) atoms. The van der Waals surface area contributed by atoms with Gasteiger partial charge in [0.25, 0.3) is 0 Å². The van der Waals surface area contributed by atoms with Crippen LogP contribution in [0.25, 0.3) is 27.9 Å². The fourth-order valence-corrected chi connectivity index (χ4v) is 3.98. The normalized spacial score (nSPS) is 10.9. The summed E-state index contributed by atoms with van der Waals surface area (Å²) in [7, 11) is 0. The maximum absolute atomic E-state index is 12.1. The highest BCUT2D eigenvalue weighted by atomic mass is 16.5. The minimum Gasteiger partial charge on any atom is -0.462 e. The van der Waals surface area contributed by atoms with E-state index in [2.05, 4.69) is 11.6 Å². The van der Waals surface area contributed by atoms with Crippen LogP contribution in [-0.2, 0) is 16.0 Å². The zero-order valence-electron chi connectivity index (χ0n) is 18.0. The molecule has 0 aliphatic heterocycles. The number of rotatable bonds is 8. The third kappa shape index (κ3) is 4.42. The van der Waals surface area contributed by atoms with Crippen LogP contribution in [0.4, 0.5) is 0 Å². The van der Waals surface area contributed by atoms with Crippen molar-refractivity contribution in [2.24, 2.45) is 0 Å². The van der Waals surface area contributed by atoms with Crippen molar-refractivity contribution in [1.82, 2.24) is 4.98 Å². The van der Waals surface area contributed by atoms with Crippen molar-refractivity contribution < 1.29 is 19.1 Å². The van der Waals surface area contributed by atoms with Crippen LogP contribution in [0.15, 0.2) is 67.2 Å². The topological polar surface area (TPSA) is 68.4 Å². The van der Waals surface area contributed by atoms with E-state index in [1.54, 1.807) is 18.2 Å². The second kappa shape index (κ2) is 9.52. The first kappa shape index (κ1) is 21.4. The number of hydrogen-bond donors (Lipinski definition) is 1. The van der Waals surface area contributed by atoms with Gasteiger partial charge in [-0.2, -0.15) is 0 Å². The molecule has 0 saturated carbocycles. The van der Waals surface area contributed by atoms with Gasteiger partial charge < -0.3 is 14.5 Å². The summed E-state index contributed by atoms with van der Waals surface area (Å²) in [6, 6.07) is 18.9. The summed E-state index contributed by atoms with van der Waals surface area (Å²) in [6.07, 6.45) is 3.93. The Morgan fingerprint density at radius 1 is 1.00 bits per heavy atom. The van der Waals surface area contributed by atoms with Crippen molar-refractivity contribution >= 4 is 39.8 Å². The van der Waals surface area contributed by atoms with Crippen LogP contribution in [0.2, 0.25) is 0 Å². The molecule has 0 spiro atoms. The van der Waals surface area contributed by atoms with E-state index in [-0.39, 0.29) is 11.9 Å². The summed E-state index contributed by atoms with van der Waals surface area (Å²) in [5.74, 6) is -0.138. The summed E-state index contributed by atoms with van der Waals surface area (Å²) < 4.78 is 11.0. The van der Waals surface area contributed by atoms with Gasteiger partial charge in [0.15, 0.2) is 0 Å². The lowest BCUT2D eigenvalue weighted by Gasteiger charge is -2.14. The number of hydrogen-bond acceptors (Lipinski definition) is 4. The van der Waals surface area contributed by atoms with Crippen molar-refractivity contribution in [2.45, 2.75) is 26.2 Å². The van der Waals surface area contributed by atoms with E-state index in [1.165, 1.54) is 6.92 Å². The van der Waals surface area contributed by atoms with Crippen molar-refractivity contribution in [2.75, 3.05) is 6.61 Å². The molecule has 0 atom stereocenters. The molecular weight excluding hydrogens is 402 g/mol. The van der Waals surface area contributed by atoms with Crippen molar-refractivity contribution in [1.29, 1.82) is 0 Å². The number of carbonyl (C=O) groups is 2. The number of fused-ring (bicyclic) bond motifs is 3. The number of unbranched alkanes of at least 4 members (excludes halogenated alkanes) is 1. The molecule has 0 saturated heterocycles. The Bertz CT molecular complexity index is 1290. The first-order valence-electron chi connectivity index (χ1n) is 10.7. The van der Waals surface area contributed by atoms with Crippen LogP contribution in [-0.4, -0.2) is 23.5 Å². The van der Waals surface area contributed by atoms with E-state index in [0.717, 1.165) is 39.4 Å². The fourth-order valence-electron chi connectivity index (χ4n) is 3.98. The van der Waals surface area contributed by atoms with Crippen LogP contribution in [0.5, 0.6) is 5.75 Å². The van der Waals surface area contributed by atoms with Gasteiger partial charge in [0, 0.05) is 34.3 Å². The molecule has 0 amide bonds. The van der Waals surface area contributed by atoms with Gasteiger partial charge in [-0.05, 0) is 43.5 Å². The van der Waals surface area contributed by atoms with Gasteiger partial charge in [-0.1, -0.05) is 49.1 Å². The first-order chi connectivity index (χ1) is 15.6. The van der Waals surface area contributed by atoms with Crippen LogP contribution < -0.4 is 4.74 Å². The van der Waals surface area contributed by atoms with Gasteiger partial charge >= 0.3 is 11.9 Å². The number of esters is 2. The van der Waals surface area contributed by atoms with Crippen LogP contribution in [0.1, 0.15) is 41.3 Å². The molecule has 162 valence electrons. The smallest absolute Gasteiger partial charge is 0.338 e. The molecule has 0 unspecified atom stereocenters. The van der Waals surface area contributed by atoms with Crippen LogP contribution in [0, 0.1) is 0 Å². The maximum Gasteiger partial charge on any atom is 0.338 e. The second-order valence-corrected chi connectivity index (χ2v) is 7.62. The predicted molar refractivity (Wildman–Crippen MR) is 127 cm³/mol. The molecule has 1 heterocycles. The van der Waals surface area contributed by atoms with E-state index in [1.807, 2.05) is 48.5 Å². The molecule has 0 aliphatic rings. The fraction of sp³-hybridized carbons (Fsp3) is 0.185. The number of nitrogens with one attached hydrogen (secondary N) is 1.